The van der Waals surface area contributed by atoms with Gasteiger partial charge >= 0.3 is 0 Å². The van der Waals surface area contributed by atoms with Gasteiger partial charge in [-0.25, -0.2) is 9.97 Å². The molecular weight excluding hydrogens is 316 g/mol. The molecule has 20 heavy (non-hydrogen) atoms. The number of benzene rings is 1. The summed E-state index contributed by atoms with van der Waals surface area (Å²) in [6.45, 7) is 8.88. The highest BCUT2D eigenvalue weighted by Crippen LogP contribution is 2.29. The second kappa shape index (κ2) is 6.22. The number of aryl methyl sites for hydroxylation is 2. The van der Waals surface area contributed by atoms with Gasteiger partial charge in [0.2, 0.25) is 0 Å². The Morgan fingerprint density at radius 3 is 2.45 bits per heavy atom. The van der Waals surface area contributed by atoms with Gasteiger partial charge in [-0.3, -0.25) is 0 Å². The molecule has 1 heterocycles. The number of aromatic nitrogens is 2. The molecule has 0 fully saturated rings. The average molecular weight is 335 g/mol. The van der Waals surface area contributed by atoms with Gasteiger partial charge < -0.3 is 10.6 Å². The molecule has 2 rings (SSSR count). The summed E-state index contributed by atoms with van der Waals surface area (Å²) in [5.74, 6) is 2.46. The second-order valence-corrected chi connectivity index (χ2v) is 5.59. The zero-order chi connectivity index (χ0) is 14.7. The van der Waals surface area contributed by atoms with Crippen LogP contribution in [0.25, 0.3) is 0 Å². The molecule has 0 bridgehead atoms. The smallest absolute Gasteiger partial charge is 0.139 e. The van der Waals surface area contributed by atoms with E-state index in [2.05, 4.69) is 62.5 Å². The van der Waals surface area contributed by atoms with Crippen LogP contribution in [0.5, 0.6) is 0 Å². The van der Waals surface area contributed by atoms with Crippen molar-refractivity contribution in [3.63, 3.8) is 0 Å². The van der Waals surface area contributed by atoms with Crippen LogP contribution in [0.1, 0.15) is 23.9 Å². The lowest BCUT2D eigenvalue weighted by Gasteiger charge is -2.14. The Morgan fingerprint density at radius 2 is 1.80 bits per heavy atom. The highest BCUT2D eigenvalue weighted by Gasteiger charge is 2.10. The Kier molecular flexibility index (Phi) is 4.60. The van der Waals surface area contributed by atoms with Crippen molar-refractivity contribution in [1.29, 1.82) is 0 Å². The Morgan fingerprint density at radius 1 is 1.10 bits per heavy atom. The zero-order valence-electron chi connectivity index (χ0n) is 12.2. The summed E-state index contributed by atoms with van der Waals surface area (Å²) in [6.07, 6.45) is 0. The monoisotopic (exact) mass is 334 g/mol. The minimum Gasteiger partial charge on any atom is -0.370 e. The van der Waals surface area contributed by atoms with Crippen LogP contribution in [0.2, 0.25) is 0 Å². The molecule has 0 radical (unpaired) electrons. The third kappa shape index (κ3) is 3.28. The molecule has 5 heteroatoms. The number of halogens is 1. The molecule has 0 unspecified atom stereocenters. The van der Waals surface area contributed by atoms with Crippen LogP contribution in [0.15, 0.2) is 22.7 Å². The normalized spacial score (nSPS) is 10.4. The van der Waals surface area contributed by atoms with Crippen LogP contribution in [0.4, 0.5) is 17.3 Å². The van der Waals surface area contributed by atoms with Crippen LogP contribution >= 0.6 is 15.9 Å². The molecular formula is C15H19BrN4. The van der Waals surface area contributed by atoms with Gasteiger partial charge in [0, 0.05) is 16.6 Å². The predicted molar refractivity (Wildman–Crippen MR) is 87.8 cm³/mol. The van der Waals surface area contributed by atoms with E-state index in [9.17, 15) is 0 Å². The van der Waals surface area contributed by atoms with Gasteiger partial charge in [0.05, 0.1) is 5.69 Å². The maximum absolute atomic E-state index is 4.49. The molecule has 0 saturated carbocycles. The first-order valence-electron chi connectivity index (χ1n) is 6.63. The molecule has 0 aliphatic heterocycles. The SMILES string of the molecule is CCNc1nc(C)nc(Nc2ccc(C)cc2Br)c1C. The summed E-state index contributed by atoms with van der Waals surface area (Å²) in [5, 5.41) is 6.63. The van der Waals surface area contributed by atoms with Gasteiger partial charge in [0.15, 0.2) is 0 Å². The molecule has 4 nitrogen and oxygen atoms in total. The first-order valence-corrected chi connectivity index (χ1v) is 7.43. The van der Waals surface area contributed by atoms with E-state index in [1.807, 2.05) is 19.9 Å². The predicted octanol–water partition coefficient (Wildman–Crippen LogP) is 4.34. The molecule has 0 amide bonds. The van der Waals surface area contributed by atoms with Crippen LogP contribution in [0.3, 0.4) is 0 Å². The van der Waals surface area contributed by atoms with Gasteiger partial charge in [0.1, 0.15) is 17.5 Å². The number of anilines is 3. The summed E-state index contributed by atoms with van der Waals surface area (Å²) < 4.78 is 1.03. The molecule has 106 valence electrons. The quantitative estimate of drug-likeness (QED) is 0.873. The Labute approximate surface area is 128 Å². The third-order valence-electron chi connectivity index (χ3n) is 2.98. The number of hydrogen-bond acceptors (Lipinski definition) is 4. The Hall–Kier alpha value is -1.62. The van der Waals surface area contributed by atoms with Crippen molar-refractivity contribution in [2.45, 2.75) is 27.7 Å². The maximum atomic E-state index is 4.49. The van der Waals surface area contributed by atoms with Crippen LogP contribution in [-0.4, -0.2) is 16.5 Å². The number of nitrogens with one attached hydrogen (secondary N) is 2. The van der Waals surface area contributed by atoms with Gasteiger partial charge in [-0.1, -0.05) is 6.07 Å². The van der Waals surface area contributed by atoms with Crippen molar-refractivity contribution < 1.29 is 0 Å². The van der Waals surface area contributed by atoms with Crippen molar-refractivity contribution in [3.05, 3.63) is 39.6 Å². The van der Waals surface area contributed by atoms with Crippen molar-refractivity contribution >= 4 is 33.3 Å². The van der Waals surface area contributed by atoms with Crippen LogP contribution in [-0.2, 0) is 0 Å². The highest BCUT2D eigenvalue weighted by atomic mass is 79.9. The first kappa shape index (κ1) is 14.8. The van der Waals surface area contributed by atoms with Crippen molar-refractivity contribution in [2.75, 3.05) is 17.2 Å². The molecule has 2 aromatic rings. The minimum absolute atomic E-state index is 0.747. The van der Waals surface area contributed by atoms with Crippen LogP contribution < -0.4 is 10.6 Å². The summed E-state index contributed by atoms with van der Waals surface area (Å²) in [4.78, 5) is 8.92. The first-order chi connectivity index (χ1) is 9.51. The summed E-state index contributed by atoms with van der Waals surface area (Å²) >= 11 is 3.58. The lowest BCUT2D eigenvalue weighted by Crippen LogP contribution is -2.08. The zero-order valence-corrected chi connectivity index (χ0v) is 13.8. The largest absolute Gasteiger partial charge is 0.370 e. The van der Waals surface area contributed by atoms with Gasteiger partial charge in [-0.15, -0.1) is 0 Å². The molecule has 2 N–H and O–H groups in total. The fourth-order valence-corrected chi connectivity index (χ4v) is 2.53. The van der Waals surface area contributed by atoms with Gasteiger partial charge in [-0.05, 0) is 61.3 Å². The summed E-state index contributed by atoms with van der Waals surface area (Å²) in [7, 11) is 0. The van der Waals surface area contributed by atoms with Gasteiger partial charge in [-0.2, -0.15) is 0 Å². The average Bonchev–Trinajstić information content (AvgIpc) is 2.38. The fraction of sp³-hybridized carbons (Fsp3) is 0.333. The van der Waals surface area contributed by atoms with E-state index >= 15 is 0 Å². The summed E-state index contributed by atoms with van der Waals surface area (Å²) in [5.41, 5.74) is 3.23. The third-order valence-corrected chi connectivity index (χ3v) is 3.64. The Balaban J connectivity index is 2.37. The molecule has 0 atom stereocenters. The Bertz CT molecular complexity index is 626. The fourth-order valence-electron chi connectivity index (χ4n) is 1.94. The van der Waals surface area contributed by atoms with E-state index in [1.54, 1.807) is 0 Å². The van der Waals surface area contributed by atoms with E-state index < -0.39 is 0 Å². The minimum atomic E-state index is 0.747. The van der Waals surface area contributed by atoms with Crippen LogP contribution in [0, 0.1) is 20.8 Å². The summed E-state index contributed by atoms with van der Waals surface area (Å²) in [6, 6.07) is 6.20. The number of hydrogen-bond donors (Lipinski definition) is 2. The molecule has 1 aromatic heterocycles. The molecule has 0 aliphatic carbocycles. The maximum Gasteiger partial charge on any atom is 0.139 e. The topological polar surface area (TPSA) is 49.8 Å². The highest BCUT2D eigenvalue weighted by molar-refractivity contribution is 9.10. The van der Waals surface area contributed by atoms with E-state index in [0.717, 1.165) is 39.7 Å². The number of rotatable bonds is 4. The molecule has 0 spiro atoms. The molecule has 0 aliphatic rings. The number of nitrogens with zero attached hydrogens (tertiary/aromatic N) is 2. The molecule has 0 saturated heterocycles. The lowest BCUT2D eigenvalue weighted by atomic mass is 10.2. The van der Waals surface area contributed by atoms with Crippen molar-refractivity contribution in [3.8, 4) is 0 Å². The van der Waals surface area contributed by atoms with Crippen molar-refractivity contribution in [1.82, 2.24) is 9.97 Å². The van der Waals surface area contributed by atoms with Crippen molar-refractivity contribution in [2.24, 2.45) is 0 Å². The lowest BCUT2D eigenvalue weighted by molar-refractivity contribution is 1.02. The second-order valence-electron chi connectivity index (χ2n) is 4.73. The van der Waals surface area contributed by atoms with E-state index in [-0.39, 0.29) is 0 Å². The van der Waals surface area contributed by atoms with E-state index in [4.69, 9.17) is 0 Å². The molecule has 1 aromatic carbocycles. The van der Waals surface area contributed by atoms with E-state index in [1.165, 1.54) is 5.56 Å². The standard InChI is InChI=1S/C15H19BrN4/c1-5-17-14-10(3)15(19-11(4)18-14)20-13-7-6-9(2)8-12(13)16/h6-8H,5H2,1-4H3,(H2,17,18,19,20). The van der Waals surface area contributed by atoms with E-state index in [0.29, 0.717) is 0 Å². The van der Waals surface area contributed by atoms with Gasteiger partial charge in [0.25, 0.3) is 0 Å².